The summed E-state index contributed by atoms with van der Waals surface area (Å²) in [6.07, 6.45) is 5.66. The zero-order valence-corrected chi connectivity index (χ0v) is 33.5. The zero-order chi connectivity index (χ0) is 41.4. The molecule has 5 aromatic carbocycles. The zero-order valence-electron chi connectivity index (χ0n) is 33.5. The number of nitrogens with one attached hydrogen (secondary N) is 3. The second kappa shape index (κ2) is 16.3. The van der Waals surface area contributed by atoms with Gasteiger partial charge < -0.3 is 34.9 Å². The van der Waals surface area contributed by atoms with E-state index in [1.54, 1.807) is 21.9 Å². The second-order valence-corrected chi connectivity index (χ2v) is 15.6. The van der Waals surface area contributed by atoms with Crippen molar-refractivity contribution in [2.45, 2.75) is 64.3 Å². The smallest absolute Gasteiger partial charge is 0.407 e. The van der Waals surface area contributed by atoms with Crippen molar-refractivity contribution in [3.05, 3.63) is 108 Å². The minimum Gasteiger partial charge on any atom is -0.453 e. The standard InChI is InChI=1S/C47H47N7O5/c1-6-7-23-53(45(56)39(27(2)3)52-47(58)59-5)28(4)43-48-36-21-17-32-25-30(15-19-34(32)40(36)50-43)31-16-20-35-33(26-31)18-22-37-41(35)51-44(49-37)38-14-11-24-54(38)46(57)42(55)29-12-9-8-10-13-29/h1,8-10,12-13,15-22,25-28,38-39,42,55H,7,11,14,23-24H2,2-5H3,(H,48,50)(H,49,51)(H,52,58)/t28-,38-,39-,42+/m0/s1. The Kier molecular flexibility index (Phi) is 10.8. The monoisotopic (exact) mass is 789 g/mol. The molecule has 1 aliphatic rings. The summed E-state index contributed by atoms with van der Waals surface area (Å²) in [6, 6.07) is 28.4. The van der Waals surface area contributed by atoms with Gasteiger partial charge in [0.2, 0.25) is 5.91 Å². The second-order valence-electron chi connectivity index (χ2n) is 15.6. The highest BCUT2D eigenvalue weighted by Crippen LogP contribution is 2.37. The van der Waals surface area contributed by atoms with Gasteiger partial charge in [0.15, 0.2) is 6.10 Å². The topological polar surface area (TPSA) is 157 Å². The van der Waals surface area contributed by atoms with Crippen LogP contribution < -0.4 is 5.32 Å². The first kappa shape index (κ1) is 39.1. The highest BCUT2D eigenvalue weighted by Gasteiger charge is 2.36. The third-order valence-corrected chi connectivity index (χ3v) is 11.5. The lowest BCUT2D eigenvalue weighted by atomic mass is 9.98. The van der Waals surface area contributed by atoms with Crippen LogP contribution in [0.25, 0.3) is 54.7 Å². The van der Waals surface area contributed by atoms with E-state index in [9.17, 15) is 19.5 Å². The predicted octanol–water partition coefficient (Wildman–Crippen LogP) is 8.10. The van der Waals surface area contributed by atoms with Gasteiger partial charge in [0, 0.05) is 30.3 Å². The van der Waals surface area contributed by atoms with Crippen LogP contribution in [0.2, 0.25) is 0 Å². The van der Waals surface area contributed by atoms with E-state index in [0.29, 0.717) is 30.9 Å². The number of H-pyrrole nitrogens is 2. The molecule has 1 fully saturated rings. The number of carbonyl (C=O) groups excluding carboxylic acids is 3. The minimum atomic E-state index is -1.22. The first-order valence-electron chi connectivity index (χ1n) is 20.0. The summed E-state index contributed by atoms with van der Waals surface area (Å²) in [5.41, 5.74) is 6.05. The number of carbonyl (C=O) groups is 3. The van der Waals surface area contributed by atoms with Gasteiger partial charge in [0.25, 0.3) is 5.91 Å². The number of hydrogen-bond donors (Lipinski definition) is 4. The summed E-state index contributed by atoms with van der Waals surface area (Å²) < 4.78 is 4.79. The molecule has 12 nitrogen and oxygen atoms in total. The summed E-state index contributed by atoms with van der Waals surface area (Å²) >= 11 is 0. The molecular formula is C47H47N7O5. The van der Waals surface area contributed by atoms with E-state index >= 15 is 0 Å². The lowest BCUT2D eigenvalue weighted by Gasteiger charge is -2.32. The van der Waals surface area contributed by atoms with E-state index in [4.69, 9.17) is 21.1 Å². The van der Waals surface area contributed by atoms with Crippen LogP contribution in [0.3, 0.4) is 0 Å². The van der Waals surface area contributed by atoms with Gasteiger partial charge in [-0.3, -0.25) is 9.59 Å². The van der Waals surface area contributed by atoms with Crippen LogP contribution in [0.15, 0.2) is 91.0 Å². The molecule has 1 aliphatic heterocycles. The first-order valence-corrected chi connectivity index (χ1v) is 20.0. The summed E-state index contributed by atoms with van der Waals surface area (Å²) in [6.45, 7) is 6.50. The maximum Gasteiger partial charge on any atom is 0.407 e. The molecule has 2 aromatic heterocycles. The highest BCUT2D eigenvalue weighted by atomic mass is 16.5. The number of fused-ring (bicyclic) bond motifs is 6. The van der Waals surface area contributed by atoms with Crippen LogP contribution in [-0.4, -0.2) is 79.0 Å². The molecule has 59 heavy (non-hydrogen) atoms. The molecule has 0 bridgehead atoms. The largest absolute Gasteiger partial charge is 0.453 e. The van der Waals surface area contributed by atoms with Crippen LogP contribution in [0.4, 0.5) is 4.79 Å². The third kappa shape index (κ3) is 7.45. The molecule has 1 saturated heterocycles. The van der Waals surface area contributed by atoms with Gasteiger partial charge in [0.1, 0.15) is 17.7 Å². The SMILES string of the molecule is C#CCCN(C(=O)[C@@H](NC(=O)OC)C(C)C)[C@@H](C)c1nc2c(ccc3cc(-c4ccc5c(ccc6[nH]c([C@@H]7CCCN7C(=O)[C@H](O)c7ccccc7)nc65)c4)ccc32)[nH]1. The fraction of sp³-hybridized carbons (Fsp3) is 0.298. The van der Waals surface area contributed by atoms with Crippen molar-refractivity contribution < 1.29 is 24.2 Å². The highest BCUT2D eigenvalue weighted by molar-refractivity contribution is 6.07. The van der Waals surface area contributed by atoms with Crippen molar-refractivity contribution in [1.82, 2.24) is 35.1 Å². The number of ether oxygens (including phenoxy) is 1. The number of imidazole rings is 2. The normalized spacial score (nSPS) is 15.7. The van der Waals surface area contributed by atoms with Crippen molar-refractivity contribution in [3.63, 3.8) is 0 Å². The maximum absolute atomic E-state index is 13.9. The molecule has 0 saturated carbocycles. The van der Waals surface area contributed by atoms with E-state index in [0.717, 1.165) is 73.4 Å². The van der Waals surface area contributed by atoms with Gasteiger partial charge in [-0.05, 0) is 77.4 Å². The number of alkyl carbamates (subject to hydrolysis) is 1. The average Bonchev–Trinajstić information content (AvgIpc) is 4.04. The number of likely N-dealkylation sites (tertiary alicyclic amines) is 1. The number of aromatic nitrogens is 4. The summed E-state index contributed by atoms with van der Waals surface area (Å²) in [5.74, 6) is 3.20. The van der Waals surface area contributed by atoms with Crippen molar-refractivity contribution >= 4 is 61.5 Å². The lowest BCUT2D eigenvalue weighted by Crippen LogP contribution is -2.52. The van der Waals surface area contributed by atoms with Crippen LogP contribution in [0, 0.1) is 18.3 Å². The van der Waals surface area contributed by atoms with Gasteiger partial charge in [-0.2, -0.15) is 0 Å². The van der Waals surface area contributed by atoms with E-state index in [2.05, 4.69) is 69.7 Å². The number of aliphatic hydroxyl groups is 1. The molecule has 7 aromatic rings. The van der Waals surface area contributed by atoms with Crippen LogP contribution in [-0.2, 0) is 14.3 Å². The Morgan fingerprint density at radius 3 is 2.19 bits per heavy atom. The van der Waals surface area contributed by atoms with Gasteiger partial charge >= 0.3 is 6.09 Å². The quantitative estimate of drug-likeness (QED) is 0.0965. The number of aliphatic hydroxyl groups excluding tert-OH is 1. The van der Waals surface area contributed by atoms with E-state index in [1.165, 1.54) is 7.11 Å². The Bertz CT molecular complexity index is 2750. The number of hydrogen-bond acceptors (Lipinski definition) is 7. The summed E-state index contributed by atoms with van der Waals surface area (Å²) in [4.78, 5) is 59.8. The molecule has 0 radical (unpaired) electrons. The third-order valence-electron chi connectivity index (χ3n) is 11.5. The number of benzene rings is 5. The fourth-order valence-corrected chi connectivity index (χ4v) is 8.31. The van der Waals surface area contributed by atoms with E-state index in [1.807, 2.05) is 51.1 Å². The van der Waals surface area contributed by atoms with Crippen molar-refractivity contribution in [2.24, 2.45) is 5.92 Å². The van der Waals surface area contributed by atoms with Gasteiger partial charge in [0.05, 0.1) is 41.3 Å². The molecule has 0 spiro atoms. The summed E-state index contributed by atoms with van der Waals surface area (Å²) in [7, 11) is 1.27. The molecule has 3 heterocycles. The number of terminal acetylenes is 1. The number of rotatable bonds is 11. The van der Waals surface area contributed by atoms with Crippen LogP contribution >= 0.6 is 0 Å². The van der Waals surface area contributed by atoms with E-state index < -0.39 is 24.3 Å². The molecule has 4 atom stereocenters. The van der Waals surface area contributed by atoms with Gasteiger partial charge in [-0.25, -0.2) is 14.8 Å². The first-order chi connectivity index (χ1) is 28.6. The molecule has 0 unspecified atom stereocenters. The predicted molar refractivity (Wildman–Crippen MR) is 229 cm³/mol. The van der Waals surface area contributed by atoms with Crippen molar-refractivity contribution in [3.8, 4) is 23.5 Å². The van der Waals surface area contributed by atoms with Crippen LogP contribution in [0.5, 0.6) is 0 Å². The summed E-state index contributed by atoms with van der Waals surface area (Å²) in [5, 5.41) is 17.6. The Hall–Kier alpha value is -6.71. The molecule has 3 amide bonds. The number of nitrogens with zero attached hydrogens (tertiary/aromatic N) is 4. The molecule has 8 rings (SSSR count). The molecule has 300 valence electrons. The number of aromatic amines is 2. The maximum atomic E-state index is 13.9. The van der Waals surface area contributed by atoms with Crippen molar-refractivity contribution in [1.29, 1.82) is 0 Å². The molecule has 4 N–H and O–H groups in total. The molecular weight excluding hydrogens is 743 g/mol. The van der Waals surface area contributed by atoms with Gasteiger partial charge in [-0.1, -0.05) is 80.6 Å². The minimum absolute atomic E-state index is 0.189. The van der Waals surface area contributed by atoms with E-state index in [-0.39, 0.29) is 23.8 Å². The van der Waals surface area contributed by atoms with Crippen molar-refractivity contribution in [2.75, 3.05) is 20.2 Å². The number of amides is 3. The fourth-order valence-electron chi connectivity index (χ4n) is 8.31. The van der Waals surface area contributed by atoms with Crippen LogP contribution in [0.1, 0.15) is 75.4 Å². The number of methoxy groups -OCH3 is 1. The molecule has 12 heteroatoms. The Balaban J connectivity index is 1.06. The Labute approximate surface area is 342 Å². The van der Waals surface area contributed by atoms with Gasteiger partial charge in [-0.15, -0.1) is 12.3 Å². The Morgan fingerprint density at radius 1 is 0.915 bits per heavy atom. The average molecular weight is 790 g/mol. The molecule has 0 aliphatic carbocycles. The Morgan fingerprint density at radius 2 is 1.56 bits per heavy atom. The lowest BCUT2D eigenvalue weighted by molar-refractivity contribution is -0.141.